The number of carbonyl (C=O) groups excluding carboxylic acids is 2. The summed E-state index contributed by atoms with van der Waals surface area (Å²) in [6.07, 6.45) is 5.36. The van der Waals surface area contributed by atoms with Crippen LogP contribution in [0.25, 0.3) is 0 Å². The number of urea groups is 1. The molecule has 1 atom stereocenters. The lowest BCUT2D eigenvalue weighted by molar-refractivity contribution is -0.141. The largest absolute Gasteiger partial charge is 0.480 e. The number of nitrogens with one attached hydrogen (secondary N) is 3. The summed E-state index contributed by atoms with van der Waals surface area (Å²) in [6, 6.07) is -1.17. The van der Waals surface area contributed by atoms with Gasteiger partial charge in [-0.25, -0.2) is 4.79 Å². The highest BCUT2D eigenvalue weighted by Gasteiger charge is 2.17. The van der Waals surface area contributed by atoms with Gasteiger partial charge in [-0.05, 0) is 19.8 Å². The molecule has 0 aromatic rings. The van der Waals surface area contributed by atoms with Gasteiger partial charge in [-0.3, -0.25) is 9.59 Å². The van der Waals surface area contributed by atoms with Gasteiger partial charge < -0.3 is 21.1 Å². The van der Waals surface area contributed by atoms with Crippen LogP contribution in [-0.2, 0) is 9.59 Å². The topological polar surface area (TPSA) is 108 Å². The molecule has 1 unspecified atom stereocenters. The number of rotatable bonds is 5. The maximum atomic E-state index is 11.5. The minimum Gasteiger partial charge on any atom is -0.480 e. The molecular formula is C12H21N3O4. The van der Waals surface area contributed by atoms with E-state index in [1.165, 1.54) is 13.3 Å². The Morgan fingerprint density at radius 1 is 1.21 bits per heavy atom. The molecule has 0 saturated heterocycles. The van der Waals surface area contributed by atoms with Crippen LogP contribution in [0.2, 0.25) is 0 Å². The summed E-state index contributed by atoms with van der Waals surface area (Å²) in [7, 11) is 0. The molecule has 4 N–H and O–H groups in total. The van der Waals surface area contributed by atoms with Crippen LogP contribution in [0.4, 0.5) is 4.79 Å². The molecule has 108 valence electrons. The summed E-state index contributed by atoms with van der Waals surface area (Å²) in [4.78, 5) is 33.4. The van der Waals surface area contributed by atoms with Gasteiger partial charge in [0.25, 0.3) is 0 Å². The van der Waals surface area contributed by atoms with Crippen molar-refractivity contribution in [1.29, 1.82) is 0 Å². The van der Waals surface area contributed by atoms with Crippen LogP contribution in [0.5, 0.6) is 0 Å². The highest BCUT2D eigenvalue weighted by Crippen LogP contribution is 2.16. The zero-order chi connectivity index (χ0) is 14.3. The highest BCUT2D eigenvalue weighted by atomic mass is 16.4. The van der Waals surface area contributed by atoms with Crippen molar-refractivity contribution < 1.29 is 19.5 Å². The Bertz CT molecular complexity index is 340. The van der Waals surface area contributed by atoms with Crippen LogP contribution in [0.1, 0.15) is 39.0 Å². The minimum atomic E-state index is -1.11. The lowest BCUT2D eigenvalue weighted by atomic mass is 9.96. The Morgan fingerprint density at radius 3 is 2.42 bits per heavy atom. The third-order valence-corrected chi connectivity index (χ3v) is 3.10. The van der Waals surface area contributed by atoms with Gasteiger partial charge in [-0.1, -0.05) is 19.3 Å². The van der Waals surface area contributed by atoms with Gasteiger partial charge in [-0.15, -0.1) is 0 Å². The molecule has 0 bridgehead atoms. The van der Waals surface area contributed by atoms with Crippen LogP contribution in [0, 0.1) is 0 Å². The van der Waals surface area contributed by atoms with E-state index >= 15 is 0 Å². The van der Waals surface area contributed by atoms with Gasteiger partial charge in [0.1, 0.15) is 6.04 Å². The quantitative estimate of drug-likeness (QED) is 0.573. The zero-order valence-electron chi connectivity index (χ0n) is 11.1. The van der Waals surface area contributed by atoms with E-state index in [0.29, 0.717) is 0 Å². The first kappa shape index (κ1) is 15.3. The Morgan fingerprint density at radius 2 is 1.84 bits per heavy atom. The van der Waals surface area contributed by atoms with Crippen molar-refractivity contribution in [3.63, 3.8) is 0 Å². The average Bonchev–Trinajstić information content (AvgIpc) is 2.37. The molecule has 1 saturated carbocycles. The second-order valence-electron chi connectivity index (χ2n) is 4.79. The van der Waals surface area contributed by atoms with Crippen molar-refractivity contribution in [1.82, 2.24) is 16.0 Å². The van der Waals surface area contributed by atoms with Gasteiger partial charge in [-0.2, -0.15) is 0 Å². The van der Waals surface area contributed by atoms with Crippen molar-refractivity contribution >= 4 is 17.9 Å². The Hall–Kier alpha value is -1.79. The monoisotopic (exact) mass is 271 g/mol. The summed E-state index contributed by atoms with van der Waals surface area (Å²) >= 11 is 0. The molecule has 1 aliphatic carbocycles. The Labute approximate surface area is 112 Å². The SMILES string of the molecule is CC(NC(=O)CNC(=O)NC1CCCCC1)C(=O)O. The van der Waals surface area contributed by atoms with Crippen molar-refractivity contribution in [2.24, 2.45) is 0 Å². The highest BCUT2D eigenvalue weighted by molar-refractivity contribution is 5.87. The lowest BCUT2D eigenvalue weighted by Crippen LogP contribution is -2.48. The maximum Gasteiger partial charge on any atom is 0.325 e. The number of carboxylic acid groups (broad SMARTS) is 1. The van der Waals surface area contributed by atoms with Crippen LogP contribution in [-0.4, -0.2) is 41.6 Å². The third kappa shape index (κ3) is 6.08. The molecule has 7 heteroatoms. The van der Waals surface area contributed by atoms with Crippen molar-refractivity contribution in [2.45, 2.75) is 51.1 Å². The molecular weight excluding hydrogens is 250 g/mol. The predicted octanol–water partition coefficient (Wildman–Crippen LogP) is 0.208. The average molecular weight is 271 g/mol. The molecule has 1 aliphatic rings. The van der Waals surface area contributed by atoms with E-state index in [4.69, 9.17) is 5.11 Å². The predicted molar refractivity (Wildman–Crippen MR) is 68.6 cm³/mol. The van der Waals surface area contributed by atoms with Crippen molar-refractivity contribution in [3.05, 3.63) is 0 Å². The van der Waals surface area contributed by atoms with E-state index in [1.54, 1.807) is 0 Å². The van der Waals surface area contributed by atoms with Crippen molar-refractivity contribution in [2.75, 3.05) is 6.54 Å². The van der Waals surface area contributed by atoms with Gasteiger partial charge in [0.05, 0.1) is 6.54 Å². The second-order valence-corrected chi connectivity index (χ2v) is 4.79. The number of amides is 3. The van der Waals surface area contributed by atoms with Gasteiger partial charge in [0.15, 0.2) is 0 Å². The molecule has 0 spiro atoms. The van der Waals surface area contributed by atoms with E-state index in [1.807, 2.05) is 0 Å². The fourth-order valence-electron chi connectivity index (χ4n) is 2.00. The number of carbonyl (C=O) groups is 3. The Balaban J connectivity index is 2.18. The molecule has 0 heterocycles. The first-order valence-electron chi connectivity index (χ1n) is 6.55. The van der Waals surface area contributed by atoms with Gasteiger partial charge in [0, 0.05) is 6.04 Å². The molecule has 0 aliphatic heterocycles. The number of hydrogen-bond donors (Lipinski definition) is 4. The molecule has 0 radical (unpaired) electrons. The molecule has 1 fully saturated rings. The first-order chi connectivity index (χ1) is 8.99. The van der Waals surface area contributed by atoms with Crippen molar-refractivity contribution in [3.8, 4) is 0 Å². The summed E-state index contributed by atoms with van der Waals surface area (Å²) in [5.74, 6) is -1.63. The van der Waals surface area contributed by atoms with E-state index in [2.05, 4.69) is 16.0 Å². The molecule has 19 heavy (non-hydrogen) atoms. The molecule has 0 aromatic heterocycles. The Kier molecular flexibility index (Phi) is 6.11. The van der Waals surface area contributed by atoms with Gasteiger partial charge in [0.2, 0.25) is 5.91 Å². The first-order valence-corrected chi connectivity index (χ1v) is 6.55. The number of aliphatic carboxylic acids is 1. The maximum absolute atomic E-state index is 11.5. The smallest absolute Gasteiger partial charge is 0.325 e. The lowest BCUT2D eigenvalue weighted by Gasteiger charge is -2.22. The fraction of sp³-hybridized carbons (Fsp3) is 0.750. The van der Waals surface area contributed by atoms with Crippen LogP contribution in [0.3, 0.4) is 0 Å². The summed E-state index contributed by atoms with van der Waals surface area (Å²) in [5.41, 5.74) is 0. The van der Waals surface area contributed by atoms with E-state index in [9.17, 15) is 14.4 Å². The second kappa shape index (κ2) is 7.60. The standard InChI is InChI=1S/C12H21N3O4/c1-8(11(17)18)14-10(16)7-13-12(19)15-9-5-3-2-4-6-9/h8-9H,2-7H2,1H3,(H,14,16)(H,17,18)(H2,13,15,19). The summed E-state index contributed by atoms with van der Waals surface area (Å²) in [6.45, 7) is 1.14. The summed E-state index contributed by atoms with van der Waals surface area (Å²) < 4.78 is 0. The third-order valence-electron chi connectivity index (χ3n) is 3.10. The van der Waals surface area contributed by atoms with Crippen LogP contribution in [0.15, 0.2) is 0 Å². The van der Waals surface area contributed by atoms with Crippen LogP contribution >= 0.6 is 0 Å². The summed E-state index contributed by atoms with van der Waals surface area (Å²) in [5, 5.41) is 16.1. The minimum absolute atomic E-state index is 0.176. The zero-order valence-corrected chi connectivity index (χ0v) is 11.1. The molecule has 1 rings (SSSR count). The van der Waals surface area contributed by atoms with E-state index < -0.39 is 17.9 Å². The molecule has 0 aromatic carbocycles. The normalized spacial score (nSPS) is 17.3. The van der Waals surface area contributed by atoms with E-state index in [0.717, 1.165) is 25.7 Å². The fourth-order valence-corrected chi connectivity index (χ4v) is 2.00. The van der Waals surface area contributed by atoms with E-state index in [-0.39, 0.29) is 18.6 Å². The van der Waals surface area contributed by atoms with Crippen LogP contribution < -0.4 is 16.0 Å². The molecule has 3 amide bonds. The molecule has 7 nitrogen and oxygen atoms in total. The number of carboxylic acids is 1. The number of hydrogen-bond acceptors (Lipinski definition) is 3. The van der Waals surface area contributed by atoms with Gasteiger partial charge >= 0.3 is 12.0 Å².